The maximum Gasteiger partial charge on any atom is 0.406 e. The van der Waals surface area contributed by atoms with Crippen LogP contribution in [0.4, 0.5) is 13.2 Å². The van der Waals surface area contributed by atoms with Crippen molar-refractivity contribution < 1.29 is 22.8 Å². The van der Waals surface area contributed by atoms with Crippen molar-refractivity contribution in [3.8, 4) is 22.6 Å². The van der Waals surface area contributed by atoms with Crippen LogP contribution < -0.4 is 5.73 Å². The van der Waals surface area contributed by atoms with Crippen molar-refractivity contribution >= 4 is 18.0 Å². The molecule has 12 heteroatoms. The highest BCUT2D eigenvalue weighted by atomic mass is 19.4. The highest BCUT2D eigenvalue weighted by molar-refractivity contribution is 6.00. The van der Waals surface area contributed by atoms with Gasteiger partial charge in [-0.2, -0.15) is 18.3 Å². The van der Waals surface area contributed by atoms with Gasteiger partial charge in [0.15, 0.2) is 11.5 Å². The molecule has 0 aliphatic carbocycles. The van der Waals surface area contributed by atoms with E-state index in [9.17, 15) is 18.0 Å². The molecule has 172 valence electrons. The summed E-state index contributed by atoms with van der Waals surface area (Å²) >= 11 is 0. The van der Waals surface area contributed by atoms with Gasteiger partial charge in [0.25, 0.3) is 5.91 Å². The Morgan fingerprint density at radius 3 is 2.48 bits per heavy atom. The van der Waals surface area contributed by atoms with Crippen LogP contribution in [0, 0.1) is 0 Å². The summed E-state index contributed by atoms with van der Waals surface area (Å²) < 4.78 is 41.1. The van der Waals surface area contributed by atoms with Crippen molar-refractivity contribution in [3.63, 3.8) is 0 Å². The smallest absolute Gasteiger partial charge is 0.372 e. The Hall–Kier alpha value is -4.22. The third kappa shape index (κ3) is 5.34. The Kier molecular flexibility index (Phi) is 6.75. The normalized spacial score (nSPS) is 11.1. The van der Waals surface area contributed by atoms with Gasteiger partial charge in [-0.05, 0) is 12.1 Å². The van der Waals surface area contributed by atoms with Crippen LogP contribution in [0.1, 0.15) is 10.4 Å². The fourth-order valence-electron chi connectivity index (χ4n) is 3.22. The monoisotopic (exact) mass is 459 g/mol. The molecule has 0 aliphatic heterocycles. The zero-order chi connectivity index (χ0) is 24.2. The molecule has 0 unspecified atom stereocenters. The summed E-state index contributed by atoms with van der Waals surface area (Å²) in [5.74, 6) is -0.222. The second-order valence-electron chi connectivity index (χ2n) is 6.96. The van der Waals surface area contributed by atoms with E-state index in [2.05, 4.69) is 20.9 Å². The fourth-order valence-corrected chi connectivity index (χ4v) is 3.22. The number of halogens is 3. The summed E-state index contributed by atoms with van der Waals surface area (Å²) in [5.41, 5.74) is 6.64. The summed E-state index contributed by atoms with van der Waals surface area (Å²) in [6.07, 6.45) is -1.28. The van der Waals surface area contributed by atoms with E-state index < -0.39 is 18.6 Å². The van der Waals surface area contributed by atoms with Crippen molar-refractivity contribution in [3.05, 3.63) is 60.4 Å². The predicted octanol–water partition coefficient (Wildman–Crippen LogP) is 2.53. The standard InChI is InChI=1S/C20H17F3N6O.CH3NO/c1-27(12-20(21,22)23)19(30)15-11-24-28(2)17(15)14-8-9-29-16(10-14)25-18(26-29)13-6-4-3-5-7-13;2-1-3/h3-11H,12H2,1-2H3;1H,(H2,2,3). The first-order valence-electron chi connectivity index (χ1n) is 9.56. The number of carbonyl (C=O) groups excluding carboxylic acids is 2. The first kappa shape index (κ1) is 23.4. The average Bonchev–Trinajstić information content (AvgIpc) is 3.36. The summed E-state index contributed by atoms with van der Waals surface area (Å²) in [5, 5.41) is 8.51. The van der Waals surface area contributed by atoms with Gasteiger partial charge in [0, 0.05) is 31.4 Å². The van der Waals surface area contributed by atoms with Crippen molar-refractivity contribution in [2.24, 2.45) is 12.8 Å². The van der Waals surface area contributed by atoms with Crippen LogP contribution in [0.2, 0.25) is 0 Å². The lowest BCUT2D eigenvalue weighted by Crippen LogP contribution is -2.35. The van der Waals surface area contributed by atoms with Crippen LogP contribution in [0.5, 0.6) is 0 Å². The minimum absolute atomic E-state index is 0.0800. The lowest BCUT2D eigenvalue weighted by molar-refractivity contribution is -0.138. The number of alkyl halides is 3. The van der Waals surface area contributed by atoms with Gasteiger partial charge in [0.1, 0.15) is 6.54 Å². The minimum atomic E-state index is -4.49. The molecular formula is C21H20F3N7O2. The van der Waals surface area contributed by atoms with Gasteiger partial charge >= 0.3 is 6.18 Å². The number of fused-ring (bicyclic) bond motifs is 1. The lowest BCUT2D eigenvalue weighted by Gasteiger charge is -2.19. The Labute approximate surface area is 186 Å². The molecular weight excluding hydrogens is 439 g/mol. The number of amides is 2. The molecule has 2 amide bonds. The van der Waals surface area contributed by atoms with Gasteiger partial charge in [-0.15, -0.1) is 5.10 Å². The Bertz CT molecular complexity index is 1270. The molecule has 4 aromatic rings. The summed E-state index contributed by atoms with van der Waals surface area (Å²) in [6, 6.07) is 12.9. The van der Waals surface area contributed by atoms with Crippen LogP contribution in [-0.2, 0) is 11.8 Å². The SMILES string of the molecule is CN(CC(F)(F)F)C(=O)c1cnn(C)c1-c1ccn2nc(-c3ccccc3)nc2c1.NC=O. The first-order valence-corrected chi connectivity index (χ1v) is 9.56. The minimum Gasteiger partial charge on any atom is -0.372 e. The third-order valence-electron chi connectivity index (χ3n) is 4.58. The largest absolute Gasteiger partial charge is 0.406 e. The van der Waals surface area contributed by atoms with Gasteiger partial charge in [-0.3, -0.25) is 14.3 Å². The van der Waals surface area contributed by atoms with Crippen molar-refractivity contribution in [1.82, 2.24) is 29.3 Å². The summed E-state index contributed by atoms with van der Waals surface area (Å²) in [6.45, 7) is -1.34. The van der Waals surface area contributed by atoms with Crippen molar-refractivity contribution in [2.45, 2.75) is 6.18 Å². The van der Waals surface area contributed by atoms with Crippen LogP contribution in [0.15, 0.2) is 54.9 Å². The molecule has 0 radical (unpaired) electrons. The molecule has 0 aliphatic rings. The Balaban J connectivity index is 0.000000968. The molecule has 4 rings (SSSR count). The van der Waals surface area contributed by atoms with Crippen LogP contribution >= 0.6 is 0 Å². The highest BCUT2D eigenvalue weighted by Gasteiger charge is 2.32. The maximum absolute atomic E-state index is 12.7. The average molecular weight is 459 g/mol. The van der Waals surface area contributed by atoms with E-state index in [0.717, 1.165) is 12.6 Å². The van der Waals surface area contributed by atoms with E-state index in [1.54, 1.807) is 29.9 Å². The van der Waals surface area contributed by atoms with Crippen LogP contribution in [-0.4, -0.2) is 61.4 Å². The van der Waals surface area contributed by atoms with E-state index in [4.69, 9.17) is 4.79 Å². The molecule has 0 saturated carbocycles. The van der Waals surface area contributed by atoms with Crippen molar-refractivity contribution in [2.75, 3.05) is 13.6 Å². The van der Waals surface area contributed by atoms with E-state index >= 15 is 0 Å². The molecule has 0 spiro atoms. The molecule has 1 aromatic carbocycles. The van der Waals surface area contributed by atoms with E-state index in [0.29, 0.717) is 27.6 Å². The quantitative estimate of drug-likeness (QED) is 0.472. The first-order chi connectivity index (χ1) is 15.6. The van der Waals surface area contributed by atoms with Crippen LogP contribution in [0.3, 0.4) is 0 Å². The van der Waals surface area contributed by atoms with Crippen molar-refractivity contribution in [1.29, 1.82) is 0 Å². The van der Waals surface area contributed by atoms with Gasteiger partial charge in [0.2, 0.25) is 6.41 Å². The molecule has 0 saturated heterocycles. The second kappa shape index (κ2) is 9.51. The number of aromatic nitrogens is 5. The molecule has 0 atom stereocenters. The number of nitrogens with zero attached hydrogens (tertiary/aromatic N) is 6. The molecule has 3 heterocycles. The topological polar surface area (TPSA) is 111 Å². The number of aryl methyl sites for hydroxylation is 1. The molecule has 33 heavy (non-hydrogen) atoms. The number of hydrogen-bond donors (Lipinski definition) is 1. The van der Waals surface area contributed by atoms with Gasteiger partial charge in [-0.25, -0.2) is 9.50 Å². The Morgan fingerprint density at radius 1 is 1.18 bits per heavy atom. The number of nitrogens with two attached hydrogens (primary N) is 1. The highest BCUT2D eigenvalue weighted by Crippen LogP contribution is 2.27. The number of carbonyl (C=O) groups is 2. The number of rotatable bonds is 4. The number of benzene rings is 1. The second-order valence-corrected chi connectivity index (χ2v) is 6.96. The molecule has 0 bridgehead atoms. The number of primary amides is 1. The van der Waals surface area contributed by atoms with Gasteiger partial charge in [-0.1, -0.05) is 30.3 Å². The Morgan fingerprint density at radius 2 is 1.85 bits per heavy atom. The molecule has 3 aromatic heterocycles. The molecule has 0 fully saturated rings. The van der Waals surface area contributed by atoms with Crippen LogP contribution in [0.25, 0.3) is 28.3 Å². The predicted molar refractivity (Wildman–Crippen MR) is 114 cm³/mol. The van der Waals surface area contributed by atoms with Gasteiger partial charge < -0.3 is 10.6 Å². The molecule has 9 nitrogen and oxygen atoms in total. The number of hydrogen-bond acceptors (Lipinski definition) is 5. The zero-order valence-electron chi connectivity index (χ0n) is 17.7. The number of pyridine rings is 1. The maximum atomic E-state index is 12.7. The van der Waals surface area contributed by atoms with E-state index in [-0.39, 0.29) is 12.0 Å². The molecule has 2 N–H and O–H groups in total. The lowest BCUT2D eigenvalue weighted by atomic mass is 10.1. The summed E-state index contributed by atoms with van der Waals surface area (Å²) in [4.78, 5) is 26.4. The zero-order valence-corrected chi connectivity index (χ0v) is 17.7. The van der Waals surface area contributed by atoms with E-state index in [1.807, 2.05) is 30.3 Å². The summed E-state index contributed by atoms with van der Waals surface area (Å²) in [7, 11) is 2.74. The van der Waals surface area contributed by atoms with Gasteiger partial charge in [0.05, 0.1) is 17.5 Å². The van der Waals surface area contributed by atoms with E-state index in [1.165, 1.54) is 10.9 Å². The fraction of sp³-hybridized carbons (Fsp3) is 0.190. The third-order valence-corrected chi connectivity index (χ3v) is 4.58.